The van der Waals surface area contributed by atoms with E-state index in [0.717, 1.165) is 0 Å². The van der Waals surface area contributed by atoms with E-state index in [1.165, 1.54) is 29.2 Å². The van der Waals surface area contributed by atoms with E-state index in [9.17, 15) is 63.0 Å². The van der Waals surface area contributed by atoms with Gasteiger partial charge in [-0.05, 0) is 42.9 Å². The highest BCUT2D eigenvalue weighted by molar-refractivity contribution is 5.97. The summed E-state index contributed by atoms with van der Waals surface area (Å²) in [5.74, 6) is -10.2. The molecule has 1 aliphatic carbocycles. The van der Waals surface area contributed by atoms with Crippen LogP contribution in [0.4, 0.5) is 0 Å². The number of nitrogens with two attached hydrogens (primary N) is 4. The number of aromatic hydroxyl groups is 1. The molecule has 348 valence electrons. The van der Waals surface area contributed by atoms with Crippen LogP contribution in [0.1, 0.15) is 57.9 Å². The van der Waals surface area contributed by atoms with Gasteiger partial charge in [-0.1, -0.05) is 32.4 Å². The van der Waals surface area contributed by atoms with Crippen LogP contribution in [0.3, 0.4) is 0 Å². The Morgan fingerprint density at radius 2 is 1.30 bits per heavy atom. The standard InChI is InChI=1S/C38H58N12O13/c1-3-19(2)33(38(63)47-23(10-11-27(39)53)36(61)48-24(34(42)59)13-28(40)54)49-37(62)25(12-20-4-8-22(52)9-5-20)45-30(56)15-43-16-32(58)50(21-6-7-21)17-31(57)46-26(18-51)35(60)44-14-29(41)55/h4-5,8-9,19,21,23-26,33,43,51-52H,3,6-7,10-18H2,1-2H3,(H2,39,53)(H2,40,54)(H2,41,55)(H2,42,59)(H,44,60)(H,45,56)(H,46,57)(H,47,63)(H,48,61)(H,49,62)/t19-,23-,24-,25-,26-,33-/m0/s1. The van der Waals surface area contributed by atoms with Gasteiger partial charge in [0.05, 0.1) is 39.2 Å². The molecule has 0 bridgehead atoms. The number of carbonyl (C=O) groups excluding carboxylic acids is 11. The second kappa shape index (κ2) is 25.8. The zero-order valence-electron chi connectivity index (χ0n) is 35.0. The van der Waals surface area contributed by atoms with Gasteiger partial charge in [-0.3, -0.25) is 58.1 Å². The summed E-state index contributed by atoms with van der Waals surface area (Å²) < 4.78 is 0. The van der Waals surface area contributed by atoms with Crippen molar-refractivity contribution in [2.24, 2.45) is 28.9 Å². The van der Waals surface area contributed by atoms with Crippen LogP contribution in [-0.4, -0.2) is 149 Å². The van der Waals surface area contributed by atoms with Crippen LogP contribution in [0.15, 0.2) is 24.3 Å². The number of aliphatic hydroxyl groups excluding tert-OH is 1. The lowest BCUT2D eigenvalue weighted by atomic mass is 9.96. The Kier molecular flexibility index (Phi) is 21.4. The molecule has 63 heavy (non-hydrogen) atoms. The van der Waals surface area contributed by atoms with E-state index >= 15 is 0 Å². The summed E-state index contributed by atoms with van der Waals surface area (Å²) in [5, 5.41) is 36.3. The number of nitrogens with zero attached hydrogens (tertiary/aromatic N) is 1. The van der Waals surface area contributed by atoms with Gasteiger partial charge in [-0.15, -0.1) is 0 Å². The fourth-order valence-corrected chi connectivity index (χ4v) is 5.87. The molecular formula is C38H58N12O13. The van der Waals surface area contributed by atoms with Gasteiger partial charge < -0.3 is 69.9 Å². The first-order chi connectivity index (χ1) is 29.6. The number of phenols is 1. The third-order valence-electron chi connectivity index (χ3n) is 9.65. The van der Waals surface area contributed by atoms with Gasteiger partial charge in [0.2, 0.25) is 65.0 Å². The summed E-state index contributed by atoms with van der Waals surface area (Å²) in [4.78, 5) is 139. The third-order valence-corrected chi connectivity index (χ3v) is 9.65. The second-order valence-corrected chi connectivity index (χ2v) is 14.9. The van der Waals surface area contributed by atoms with Crippen molar-refractivity contribution in [3.8, 4) is 5.75 Å². The van der Waals surface area contributed by atoms with E-state index in [-0.39, 0.29) is 24.6 Å². The molecule has 25 nitrogen and oxygen atoms in total. The number of benzene rings is 1. The lowest BCUT2D eigenvalue weighted by Crippen LogP contribution is -2.60. The number of carbonyl (C=O) groups is 11. The average Bonchev–Trinajstić information content (AvgIpc) is 4.06. The SMILES string of the molecule is CC[C@H](C)[C@H](NC(=O)[C@H](Cc1ccc(O)cc1)NC(=O)CNCC(=O)N(CC(=O)N[C@@H](CO)C(=O)NCC(N)=O)C1CC1)C(=O)N[C@@H](CCC(N)=O)C(=O)N[C@@H](CC(N)=O)C(N)=O. The molecule has 0 aromatic heterocycles. The van der Waals surface area contributed by atoms with Gasteiger partial charge in [0, 0.05) is 18.9 Å². The molecule has 0 saturated heterocycles. The van der Waals surface area contributed by atoms with Crippen molar-refractivity contribution in [1.29, 1.82) is 0 Å². The lowest BCUT2D eigenvalue weighted by Gasteiger charge is -2.29. The molecule has 0 aliphatic heterocycles. The van der Waals surface area contributed by atoms with Crippen LogP contribution in [0, 0.1) is 5.92 Å². The second-order valence-electron chi connectivity index (χ2n) is 14.9. The maximum atomic E-state index is 13.9. The van der Waals surface area contributed by atoms with Crippen molar-refractivity contribution in [3.05, 3.63) is 29.8 Å². The average molecular weight is 891 g/mol. The Morgan fingerprint density at radius 3 is 1.84 bits per heavy atom. The predicted octanol–water partition coefficient (Wildman–Crippen LogP) is -6.79. The van der Waals surface area contributed by atoms with Crippen LogP contribution in [-0.2, 0) is 59.2 Å². The van der Waals surface area contributed by atoms with Crippen molar-refractivity contribution in [3.63, 3.8) is 0 Å². The Labute approximate surface area is 361 Å². The topological polar surface area (TPSA) is 420 Å². The Bertz CT molecular complexity index is 1840. The maximum Gasteiger partial charge on any atom is 0.245 e. The van der Waals surface area contributed by atoms with Crippen LogP contribution >= 0.6 is 0 Å². The molecule has 17 N–H and O–H groups in total. The van der Waals surface area contributed by atoms with Gasteiger partial charge in [-0.2, -0.15) is 0 Å². The molecule has 25 heteroatoms. The summed E-state index contributed by atoms with van der Waals surface area (Å²) >= 11 is 0. The van der Waals surface area contributed by atoms with Crippen molar-refractivity contribution in [2.45, 2.75) is 95.0 Å². The molecule has 0 spiro atoms. The molecule has 1 aromatic rings. The summed E-state index contributed by atoms with van der Waals surface area (Å²) in [6.45, 7) is 0.581. The van der Waals surface area contributed by atoms with Gasteiger partial charge in [-0.25, -0.2) is 0 Å². The van der Waals surface area contributed by atoms with Crippen molar-refractivity contribution >= 4 is 65.0 Å². The number of hydrogen-bond donors (Lipinski definition) is 13. The van der Waals surface area contributed by atoms with Crippen molar-refractivity contribution < 1.29 is 63.0 Å². The number of nitrogens with one attached hydrogen (secondary N) is 7. The minimum atomic E-state index is -1.54. The molecule has 1 fully saturated rings. The van der Waals surface area contributed by atoms with Gasteiger partial charge in [0.25, 0.3) is 0 Å². The fraction of sp³-hybridized carbons (Fsp3) is 0.553. The number of aliphatic hydroxyl groups is 1. The van der Waals surface area contributed by atoms with Gasteiger partial charge >= 0.3 is 0 Å². The molecule has 1 aliphatic rings. The highest BCUT2D eigenvalue weighted by Crippen LogP contribution is 2.26. The Balaban J connectivity index is 2.20. The molecule has 6 atom stereocenters. The molecule has 1 aromatic carbocycles. The van der Waals surface area contributed by atoms with Crippen LogP contribution in [0.2, 0.25) is 0 Å². The zero-order chi connectivity index (χ0) is 47.4. The van der Waals surface area contributed by atoms with Crippen molar-refractivity contribution in [2.75, 3.05) is 32.8 Å². The highest BCUT2D eigenvalue weighted by Gasteiger charge is 2.36. The first-order valence-corrected chi connectivity index (χ1v) is 20.0. The minimum Gasteiger partial charge on any atom is -0.508 e. The smallest absolute Gasteiger partial charge is 0.245 e. The maximum absolute atomic E-state index is 13.9. The fourth-order valence-electron chi connectivity index (χ4n) is 5.87. The Hall–Kier alpha value is -6.89. The monoisotopic (exact) mass is 890 g/mol. The molecule has 0 radical (unpaired) electrons. The minimum absolute atomic E-state index is 0.0745. The molecule has 1 saturated carbocycles. The summed E-state index contributed by atoms with van der Waals surface area (Å²) in [6, 6.07) is -1.78. The largest absolute Gasteiger partial charge is 0.508 e. The summed E-state index contributed by atoms with van der Waals surface area (Å²) in [6.07, 6.45) is -0.0593. The van der Waals surface area contributed by atoms with Crippen molar-refractivity contribution in [1.82, 2.24) is 42.1 Å². The van der Waals surface area contributed by atoms with E-state index in [1.54, 1.807) is 13.8 Å². The van der Waals surface area contributed by atoms with Crippen LogP contribution in [0.25, 0.3) is 0 Å². The summed E-state index contributed by atoms with van der Waals surface area (Å²) in [7, 11) is 0. The molecule has 2 rings (SSSR count). The molecule has 0 heterocycles. The quantitative estimate of drug-likeness (QED) is 0.0356. The number of rotatable bonds is 29. The first kappa shape index (κ1) is 52.2. The number of amides is 11. The van der Waals surface area contributed by atoms with E-state index in [1.807, 2.05) is 0 Å². The molecule has 11 amide bonds. The van der Waals surface area contributed by atoms with Crippen LogP contribution < -0.4 is 60.2 Å². The Morgan fingerprint density at radius 1 is 0.698 bits per heavy atom. The van der Waals surface area contributed by atoms with E-state index in [4.69, 9.17) is 22.9 Å². The van der Waals surface area contributed by atoms with Gasteiger partial charge in [0.15, 0.2) is 0 Å². The first-order valence-electron chi connectivity index (χ1n) is 20.0. The zero-order valence-corrected chi connectivity index (χ0v) is 35.0. The normalized spacial score (nSPS) is 14.8. The molecule has 0 unspecified atom stereocenters. The summed E-state index contributed by atoms with van der Waals surface area (Å²) in [5.41, 5.74) is 21.2. The number of hydrogen-bond acceptors (Lipinski definition) is 14. The predicted molar refractivity (Wildman–Crippen MR) is 219 cm³/mol. The third kappa shape index (κ3) is 19.1. The van der Waals surface area contributed by atoms with E-state index < -0.39 is 147 Å². The van der Waals surface area contributed by atoms with E-state index in [2.05, 4.69) is 37.2 Å². The highest BCUT2D eigenvalue weighted by atomic mass is 16.3. The molecular weight excluding hydrogens is 832 g/mol. The van der Waals surface area contributed by atoms with E-state index in [0.29, 0.717) is 24.8 Å². The van der Waals surface area contributed by atoms with Gasteiger partial charge in [0.1, 0.15) is 36.0 Å². The lowest BCUT2D eigenvalue weighted by molar-refractivity contribution is -0.137. The number of phenolic OH excluding ortho intramolecular Hbond substituents is 1. The van der Waals surface area contributed by atoms with Crippen LogP contribution in [0.5, 0.6) is 5.75 Å². The number of primary amides is 4.